The van der Waals surface area contributed by atoms with Crippen LogP contribution >= 0.6 is 0 Å². The molecule has 2 heteroatoms. The summed E-state index contributed by atoms with van der Waals surface area (Å²) >= 11 is 0. The summed E-state index contributed by atoms with van der Waals surface area (Å²) in [5.74, 6) is 0.690. The average molecular weight is 255 g/mol. The molecule has 1 aromatic carbocycles. The average Bonchev–Trinajstić information content (AvgIpc) is 2.48. The van der Waals surface area contributed by atoms with Crippen molar-refractivity contribution < 1.29 is 5.11 Å². The number of hydrogen-bond acceptors (Lipinski definition) is 2. The van der Waals surface area contributed by atoms with Crippen LogP contribution < -0.4 is 0 Å². The lowest BCUT2D eigenvalue weighted by molar-refractivity contribution is 0.131. The Hall–Kier alpha value is -1.41. The van der Waals surface area contributed by atoms with E-state index in [4.69, 9.17) is 0 Å². The normalized spacial score (nSPS) is 18.6. The first-order valence-electron chi connectivity index (χ1n) is 7.36. The first kappa shape index (κ1) is 12.6. The number of hydrogen-bond donors (Lipinski definition) is 1. The van der Waals surface area contributed by atoms with Gasteiger partial charge in [-0.2, -0.15) is 0 Å². The van der Waals surface area contributed by atoms with Crippen molar-refractivity contribution in [1.29, 1.82) is 0 Å². The lowest BCUT2D eigenvalue weighted by Crippen LogP contribution is -2.11. The van der Waals surface area contributed by atoms with Gasteiger partial charge in [0, 0.05) is 11.6 Å². The Kier molecular flexibility index (Phi) is 3.79. The summed E-state index contributed by atoms with van der Waals surface area (Å²) in [6.45, 7) is 0. The minimum atomic E-state index is -0.361. The van der Waals surface area contributed by atoms with Gasteiger partial charge in [0.1, 0.15) is 0 Å². The Morgan fingerprint density at radius 1 is 1.16 bits per heavy atom. The molecule has 1 aromatic heterocycles. The molecule has 1 saturated carbocycles. The van der Waals surface area contributed by atoms with Crippen molar-refractivity contribution in [2.45, 2.75) is 44.6 Å². The summed E-state index contributed by atoms with van der Waals surface area (Å²) in [5, 5.41) is 11.5. The Balaban J connectivity index is 1.75. The van der Waals surface area contributed by atoms with Gasteiger partial charge in [-0.05, 0) is 30.0 Å². The molecule has 1 aliphatic carbocycles. The van der Waals surface area contributed by atoms with Gasteiger partial charge in [0.25, 0.3) is 0 Å². The summed E-state index contributed by atoms with van der Waals surface area (Å²) in [5.41, 5.74) is 1.96. The summed E-state index contributed by atoms with van der Waals surface area (Å²) in [6.07, 6.45) is 8.93. The van der Waals surface area contributed by atoms with Crippen molar-refractivity contribution in [3.63, 3.8) is 0 Å². The van der Waals surface area contributed by atoms with Gasteiger partial charge in [-0.15, -0.1) is 0 Å². The lowest BCUT2D eigenvalue weighted by Gasteiger charge is -2.24. The Bertz CT molecular complexity index is 546. The molecule has 2 aromatic rings. The van der Waals surface area contributed by atoms with E-state index in [1.54, 1.807) is 0 Å². The molecule has 1 fully saturated rings. The highest BCUT2D eigenvalue weighted by molar-refractivity contribution is 5.78. The first-order valence-corrected chi connectivity index (χ1v) is 7.36. The molecule has 1 aliphatic rings. The monoisotopic (exact) mass is 255 g/mol. The molecule has 19 heavy (non-hydrogen) atoms. The quantitative estimate of drug-likeness (QED) is 0.890. The highest BCUT2D eigenvalue weighted by atomic mass is 16.3. The fourth-order valence-corrected chi connectivity index (χ4v) is 3.14. The number of nitrogens with zero attached hydrogens (tertiary/aromatic N) is 1. The molecule has 1 atom stereocenters. The number of aromatic nitrogens is 1. The summed E-state index contributed by atoms with van der Waals surface area (Å²) in [7, 11) is 0. The number of rotatable bonds is 3. The third-order valence-electron chi connectivity index (χ3n) is 4.28. The van der Waals surface area contributed by atoms with Crippen LogP contribution in [-0.2, 0) is 0 Å². The number of aliphatic hydroxyl groups excluding tert-OH is 1. The van der Waals surface area contributed by atoms with Crippen LogP contribution in [0.25, 0.3) is 10.9 Å². The Morgan fingerprint density at radius 2 is 1.95 bits per heavy atom. The molecule has 0 amide bonds. The largest absolute Gasteiger partial charge is 0.388 e. The third kappa shape index (κ3) is 2.95. The molecule has 1 unspecified atom stereocenters. The third-order valence-corrected chi connectivity index (χ3v) is 4.28. The van der Waals surface area contributed by atoms with E-state index in [1.807, 2.05) is 24.4 Å². The van der Waals surface area contributed by atoms with E-state index >= 15 is 0 Å². The number of pyridine rings is 1. The minimum Gasteiger partial charge on any atom is -0.388 e. The van der Waals surface area contributed by atoms with E-state index in [-0.39, 0.29) is 6.10 Å². The smallest absolute Gasteiger partial charge is 0.0807 e. The zero-order valence-corrected chi connectivity index (χ0v) is 11.3. The van der Waals surface area contributed by atoms with Crippen molar-refractivity contribution in [3.8, 4) is 0 Å². The Morgan fingerprint density at radius 3 is 2.79 bits per heavy atom. The summed E-state index contributed by atoms with van der Waals surface area (Å²) in [6, 6.07) is 10.1. The zero-order valence-electron chi connectivity index (χ0n) is 11.3. The van der Waals surface area contributed by atoms with E-state index < -0.39 is 0 Å². The fraction of sp³-hybridized carbons (Fsp3) is 0.471. The van der Waals surface area contributed by atoms with Crippen molar-refractivity contribution in [1.82, 2.24) is 4.98 Å². The van der Waals surface area contributed by atoms with Gasteiger partial charge in [0.2, 0.25) is 0 Å². The predicted molar refractivity (Wildman–Crippen MR) is 77.9 cm³/mol. The second-order valence-electron chi connectivity index (χ2n) is 5.72. The van der Waals surface area contributed by atoms with Gasteiger partial charge in [-0.1, -0.05) is 50.3 Å². The summed E-state index contributed by atoms with van der Waals surface area (Å²) in [4.78, 5) is 4.44. The molecule has 100 valence electrons. The first-order chi connectivity index (χ1) is 9.33. The molecule has 0 saturated heterocycles. The maximum Gasteiger partial charge on any atom is 0.0807 e. The van der Waals surface area contributed by atoms with Gasteiger partial charge in [-0.3, -0.25) is 4.98 Å². The molecule has 1 N–H and O–H groups in total. The van der Waals surface area contributed by atoms with Crippen LogP contribution in [0.1, 0.15) is 50.2 Å². The van der Waals surface area contributed by atoms with Crippen molar-refractivity contribution in [3.05, 3.63) is 42.1 Å². The molecule has 0 bridgehead atoms. The molecule has 0 aliphatic heterocycles. The van der Waals surface area contributed by atoms with Crippen LogP contribution in [0, 0.1) is 5.92 Å². The van der Waals surface area contributed by atoms with Crippen LogP contribution in [0.3, 0.4) is 0 Å². The highest BCUT2D eigenvalue weighted by Gasteiger charge is 2.18. The zero-order chi connectivity index (χ0) is 13.1. The fourth-order valence-electron chi connectivity index (χ4n) is 3.14. The van der Waals surface area contributed by atoms with Gasteiger partial charge >= 0.3 is 0 Å². The van der Waals surface area contributed by atoms with Crippen LogP contribution in [0.4, 0.5) is 0 Å². The van der Waals surface area contributed by atoms with Gasteiger partial charge in [0.15, 0.2) is 0 Å². The highest BCUT2D eigenvalue weighted by Crippen LogP contribution is 2.32. The minimum absolute atomic E-state index is 0.361. The number of aliphatic hydroxyl groups is 1. The number of para-hydroxylation sites is 1. The molecule has 2 nitrogen and oxygen atoms in total. The standard InChI is InChI=1S/C17H21NO/c19-17(10-13-6-2-1-3-7-13)15-11-14-8-4-5-9-16(14)18-12-15/h4-5,8-9,11-13,17,19H,1-3,6-7,10H2. The SMILES string of the molecule is OC(CC1CCCCC1)c1cnc2ccccc2c1. The summed E-state index contributed by atoms with van der Waals surface area (Å²) < 4.78 is 0. The van der Waals surface area contributed by atoms with Crippen molar-refractivity contribution >= 4 is 10.9 Å². The maximum atomic E-state index is 10.4. The topological polar surface area (TPSA) is 33.1 Å². The molecular weight excluding hydrogens is 234 g/mol. The molecule has 3 rings (SSSR count). The lowest BCUT2D eigenvalue weighted by atomic mass is 9.84. The second kappa shape index (κ2) is 5.70. The molecule has 0 radical (unpaired) electrons. The molecular formula is C17H21NO. The van der Waals surface area contributed by atoms with Gasteiger partial charge < -0.3 is 5.11 Å². The molecule has 0 spiro atoms. The molecule has 1 heterocycles. The van der Waals surface area contributed by atoms with Crippen molar-refractivity contribution in [2.24, 2.45) is 5.92 Å². The van der Waals surface area contributed by atoms with Crippen LogP contribution in [0.15, 0.2) is 36.5 Å². The van der Waals surface area contributed by atoms with E-state index in [9.17, 15) is 5.11 Å². The van der Waals surface area contributed by atoms with Gasteiger partial charge in [0.05, 0.1) is 11.6 Å². The van der Waals surface area contributed by atoms with E-state index in [1.165, 1.54) is 32.1 Å². The number of fused-ring (bicyclic) bond motifs is 1. The maximum absolute atomic E-state index is 10.4. The predicted octanol–water partition coefficient (Wildman–Crippen LogP) is 4.24. The van der Waals surface area contributed by atoms with Gasteiger partial charge in [-0.25, -0.2) is 0 Å². The van der Waals surface area contributed by atoms with E-state index in [2.05, 4.69) is 17.1 Å². The van der Waals surface area contributed by atoms with Crippen LogP contribution in [0.2, 0.25) is 0 Å². The van der Waals surface area contributed by atoms with E-state index in [0.717, 1.165) is 22.9 Å². The van der Waals surface area contributed by atoms with Crippen LogP contribution in [-0.4, -0.2) is 10.1 Å². The number of benzene rings is 1. The van der Waals surface area contributed by atoms with E-state index in [0.29, 0.717) is 5.92 Å². The second-order valence-corrected chi connectivity index (χ2v) is 5.72. The Labute approximate surface area is 114 Å². The van der Waals surface area contributed by atoms with Crippen LogP contribution in [0.5, 0.6) is 0 Å². The van der Waals surface area contributed by atoms with Crippen molar-refractivity contribution in [2.75, 3.05) is 0 Å².